The summed E-state index contributed by atoms with van der Waals surface area (Å²) in [6.07, 6.45) is 4.35. The molecule has 9 nitrogen and oxygen atoms in total. The van der Waals surface area contributed by atoms with Gasteiger partial charge in [-0.15, -0.1) is 11.3 Å². The first-order chi connectivity index (χ1) is 20.1. The molecule has 5 rings (SSSR count). The zero-order valence-corrected chi connectivity index (χ0v) is 25.3. The van der Waals surface area contributed by atoms with Crippen molar-refractivity contribution in [1.82, 2.24) is 20.0 Å². The number of aromatic nitrogens is 3. The molecule has 2 aromatic heterocycles. The number of nitrogens with zero attached hydrogens (tertiary/aromatic N) is 4. The summed E-state index contributed by atoms with van der Waals surface area (Å²) < 4.78 is 43.3. The lowest BCUT2D eigenvalue weighted by Gasteiger charge is -2.23. The van der Waals surface area contributed by atoms with Crippen LogP contribution < -0.4 is 10.1 Å². The zero-order chi connectivity index (χ0) is 29.9. The summed E-state index contributed by atoms with van der Waals surface area (Å²) in [5.41, 5.74) is 2.93. The molecule has 0 amide bonds. The third-order valence-corrected chi connectivity index (χ3v) is 8.76. The maximum absolute atomic E-state index is 13.5. The minimum atomic E-state index is -3.27. The molecule has 1 unspecified atom stereocenters. The largest absolute Gasteiger partial charge is 0.487 e. The molecular formula is C29H27ClFN5O4S2. The van der Waals surface area contributed by atoms with Crippen molar-refractivity contribution < 1.29 is 22.4 Å². The van der Waals surface area contributed by atoms with Crippen LogP contribution in [0.2, 0.25) is 5.02 Å². The normalized spacial score (nSPS) is 12.5. The summed E-state index contributed by atoms with van der Waals surface area (Å²) in [7, 11) is -0.0821. The lowest BCUT2D eigenvalue weighted by atomic mass is 10.1. The van der Waals surface area contributed by atoms with Gasteiger partial charge < -0.3 is 14.9 Å². The third-order valence-electron chi connectivity index (χ3n) is 6.40. The van der Waals surface area contributed by atoms with E-state index < -0.39 is 15.9 Å². The molecule has 0 fully saturated rings. The second kappa shape index (κ2) is 12.7. The topological polar surface area (TPSA) is 107 Å². The molecule has 42 heavy (non-hydrogen) atoms. The van der Waals surface area contributed by atoms with E-state index in [-0.39, 0.29) is 18.2 Å². The molecule has 5 aromatic rings. The van der Waals surface area contributed by atoms with Crippen LogP contribution in [-0.4, -0.2) is 54.6 Å². The number of sulfone groups is 1. The number of nitrogens with one attached hydrogen (secondary N) is 1. The summed E-state index contributed by atoms with van der Waals surface area (Å²) in [5.74, 6) is 0.606. The van der Waals surface area contributed by atoms with Gasteiger partial charge in [0.05, 0.1) is 29.4 Å². The average molecular weight is 628 g/mol. The number of anilines is 2. The van der Waals surface area contributed by atoms with Gasteiger partial charge >= 0.3 is 0 Å². The molecule has 0 aliphatic carbocycles. The molecule has 0 aliphatic heterocycles. The summed E-state index contributed by atoms with van der Waals surface area (Å²) in [5, 5.41) is 6.67. The van der Waals surface area contributed by atoms with Crippen LogP contribution >= 0.6 is 22.9 Å². The van der Waals surface area contributed by atoms with E-state index in [4.69, 9.17) is 21.2 Å². The second-order valence-corrected chi connectivity index (χ2v) is 13.2. The lowest BCUT2D eigenvalue weighted by molar-refractivity contribution is -0.136. The maximum Gasteiger partial charge on any atom is 0.149 e. The lowest BCUT2D eigenvalue weighted by Crippen LogP contribution is -2.28. The molecular weight excluding hydrogens is 601 g/mol. The molecule has 0 aliphatic rings. The van der Waals surface area contributed by atoms with Crippen molar-refractivity contribution in [2.24, 2.45) is 0 Å². The highest BCUT2D eigenvalue weighted by atomic mass is 35.5. The van der Waals surface area contributed by atoms with E-state index in [2.05, 4.69) is 20.3 Å². The van der Waals surface area contributed by atoms with E-state index in [1.165, 1.54) is 48.2 Å². The van der Waals surface area contributed by atoms with Crippen molar-refractivity contribution in [3.8, 4) is 16.3 Å². The second-order valence-electron chi connectivity index (χ2n) is 9.55. The van der Waals surface area contributed by atoms with Gasteiger partial charge in [-0.2, -0.15) is 5.06 Å². The quantitative estimate of drug-likeness (QED) is 0.165. The Morgan fingerprint density at radius 3 is 2.67 bits per heavy atom. The SMILES string of the molecule is CON(C)C(CS(C)(=O)=O)c1cnc(-c2ccc3ncnc(Nc4ccc(OCc5cccc(F)c5)c(Cl)c4)c3c2)s1. The van der Waals surface area contributed by atoms with E-state index in [0.29, 0.717) is 32.8 Å². The van der Waals surface area contributed by atoms with E-state index in [1.54, 1.807) is 37.5 Å². The summed E-state index contributed by atoms with van der Waals surface area (Å²) in [4.78, 5) is 19.5. The number of rotatable bonds is 11. The smallest absolute Gasteiger partial charge is 0.149 e. The molecule has 0 spiro atoms. The first kappa shape index (κ1) is 29.8. The number of fused-ring (bicyclic) bond motifs is 1. The fourth-order valence-electron chi connectivity index (χ4n) is 4.26. The van der Waals surface area contributed by atoms with Crippen molar-refractivity contribution in [1.29, 1.82) is 0 Å². The van der Waals surface area contributed by atoms with Crippen LogP contribution in [0, 0.1) is 5.82 Å². The summed E-state index contributed by atoms with van der Waals surface area (Å²) in [6, 6.07) is 16.7. The molecule has 0 saturated heterocycles. The highest BCUT2D eigenvalue weighted by Crippen LogP contribution is 2.35. The Labute approximate surface area is 251 Å². The molecule has 2 heterocycles. The number of hydroxylamine groups is 2. The van der Waals surface area contributed by atoms with Crippen LogP contribution in [0.4, 0.5) is 15.9 Å². The minimum absolute atomic E-state index is 0.101. The molecule has 0 saturated carbocycles. The fourth-order valence-corrected chi connectivity index (χ4v) is 6.61. The summed E-state index contributed by atoms with van der Waals surface area (Å²) >= 11 is 7.88. The highest BCUT2D eigenvalue weighted by molar-refractivity contribution is 7.90. The zero-order valence-electron chi connectivity index (χ0n) is 22.9. The predicted octanol–water partition coefficient (Wildman–Crippen LogP) is 6.45. The van der Waals surface area contributed by atoms with Crippen molar-refractivity contribution in [3.05, 3.63) is 94.5 Å². The Balaban J connectivity index is 1.38. The van der Waals surface area contributed by atoms with Crippen LogP contribution in [0.3, 0.4) is 0 Å². The number of benzene rings is 3. The van der Waals surface area contributed by atoms with Gasteiger partial charge in [0.15, 0.2) is 0 Å². The van der Waals surface area contributed by atoms with Gasteiger partial charge in [0.2, 0.25) is 0 Å². The van der Waals surface area contributed by atoms with Crippen LogP contribution in [0.25, 0.3) is 21.5 Å². The van der Waals surface area contributed by atoms with Gasteiger partial charge in [-0.1, -0.05) is 23.7 Å². The fraction of sp³-hybridized carbons (Fsp3) is 0.207. The predicted molar refractivity (Wildman–Crippen MR) is 163 cm³/mol. The molecule has 0 radical (unpaired) electrons. The van der Waals surface area contributed by atoms with Gasteiger partial charge in [0.1, 0.15) is 45.2 Å². The average Bonchev–Trinajstić information content (AvgIpc) is 3.45. The van der Waals surface area contributed by atoms with Crippen LogP contribution in [0.15, 0.2) is 73.2 Å². The number of thiazole rings is 1. The standard InChI is InChI=1S/C29H27ClFN5O4S2/c1-36(39-2)25(16-42(3,37)38)27-14-32-29(41-27)19-7-9-24-22(12-19)28(34-17-33-24)35-21-8-10-26(23(30)13-21)40-15-18-5-4-6-20(31)11-18/h4-14,17,25H,15-16H2,1-3H3,(H,33,34,35). The Kier molecular flexibility index (Phi) is 8.99. The van der Waals surface area contributed by atoms with Crippen molar-refractivity contribution in [2.75, 3.05) is 31.5 Å². The van der Waals surface area contributed by atoms with Crippen molar-refractivity contribution >= 4 is 55.2 Å². The number of ether oxygens (including phenoxy) is 1. The number of hydrogen-bond acceptors (Lipinski definition) is 10. The maximum atomic E-state index is 13.5. The third kappa shape index (κ3) is 7.20. The minimum Gasteiger partial charge on any atom is -0.487 e. The Bertz CT molecular complexity index is 1840. The first-order valence-corrected chi connectivity index (χ1v) is 15.9. The van der Waals surface area contributed by atoms with Crippen LogP contribution in [-0.2, 0) is 21.3 Å². The Morgan fingerprint density at radius 1 is 1.10 bits per heavy atom. The molecule has 218 valence electrons. The van der Waals surface area contributed by atoms with Gasteiger partial charge in [0.25, 0.3) is 0 Å². The van der Waals surface area contributed by atoms with Gasteiger partial charge in [0, 0.05) is 41.0 Å². The van der Waals surface area contributed by atoms with E-state index in [1.807, 2.05) is 24.3 Å². The van der Waals surface area contributed by atoms with E-state index >= 15 is 0 Å². The first-order valence-electron chi connectivity index (χ1n) is 12.7. The molecule has 3 aromatic carbocycles. The molecule has 13 heteroatoms. The van der Waals surface area contributed by atoms with Crippen LogP contribution in [0.5, 0.6) is 5.75 Å². The Morgan fingerprint density at radius 2 is 1.93 bits per heavy atom. The molecule has 0 bridgehead atoms. The molecule has 1 N–H and O–H groups in total. The van der Waals surface area contributed by atoms with Gasteiger partial charge in [-0.25, -0.2) is 27.8 Å². The number of halogens is 2. The van der Waals surface area contributed by atoms with Gasteiger partial charge in [-0.05, 0) is 54.1 Å². The van der Waals surface area contributed by atoms with Crippen LogP contribution in [0.1, 0.15) is 16.5 Å². The van der Waals surface area contributed by atoms with E-state index in [9.17, 15) is 12.8 Å². The molecule has 1 atom stereocenters. The highest BCUT2D eigenvalue weighted by Gasteiger charge is 2.25. The summed E-state index contributed by atoms with van der Waals surface area (Å²) in [6.45, 7) is 0.179. The van der Waals surface area contributed by atoms with E-state index in [0.717, 1.165) is 21.3 Å². The number of hydrogen-bond donors (Lipinski definition) is 1. The van der Waals surface area contributed by atoms with Crippen molar-refractivity contribution in [2.45, 2.75) is 12.6 Å². The Hall–Kier alpha value is -3.68. The van der Waals surface area contributed by atoms with Crippen molar-refractivity contribution in [3.63, 3.8) is 0 Å². The van der Waals surface area contributed by atoms with Gasteiger partial charge in [-0.3, -0.25) is 0 Å². The monoisotopic (exact) mass is 627 g/mol.